The summed E-state index contributed by atoms with van der Waals surface area (Å²) in [5.74, 6) is 0. The number of rotatable bonds is 4. The van der Waals surface area contributed by atoms with Crippen LogP contribution in [-0.4, -0.2) is 9.55 Å². The van der Waals surface area contributed by atoms with Gasteiger partial charge in [0.15, 0.2) is 0 Å². The molecule has 0 aliphatic carbocycles. The fourth-order valence-corrected chi connectivity index (χ4v) is 7.48. The van der Waals surface area contributed by atoms with Crippen LogP contribution in [-0.2, 0) is 5.41 Å². The van der Waals surface area contributed by atoms with Gasteiger partial charge in [0.1, 0.15) is 0 Å². The van der Waals surface area contributed by atoms with E-state index in [2.05, 4.69) is 181 Å². The monoisotopic (exact) mass is 603 g/mol. The average molecular weight is 604 g/mol. The summed E-state index contributed by atoms with van der Waals surface area (Å²) >= 11 is 0. The lowest BCUT2D eigenvalue weighted by atomic mass is 9.73. The van der Waals surface area contributed by atoms with Crippen LogP contribution in [0.1, 0.15) is 25.0 Å². The van der Waals surface area contributed by atoms with Gasteiger partial charge in [-0.05, 0) is 70.8 Å². The predicted molar refractivity (Wildman–Crippen MR) is 196 cm³/mol. The Morgan fingerprint density at radius 2 is 1.13 bits per heavy atom. The van der Waals surface area contributed by atoms with E-state index in [-0.39, 0.29) is 5.41 Å². The third-order valence-corrected chi connectivity index (χ3v) is 9.83. The number of hydrogen-bond donors (Lipinski definition) is 0. The average Bonchev–Trinajstić information content (AvgIpc) is 3.46. The topological polar surface area (TPSA) is 21.1 Å². The molecule has 3 nitrogen and oxygen atoms in total. The van der Waals surface area contributed by atoms with E-state index < -0.39 is 0 Å². The number of anilines is 3. The first-order valence-electron chi connectivity index (χ1n) is 16.2. The summed E-state index contributed by atoms with van der Waals surface area (Å²) in [5, 5.41) is 2.49. The van der Waals surface area contributed by atoms with Gasteiger partial charge in [-0.15, -0.1) is 0 Å². The molecule has 0 N–H and O–H groups in total. The number of para-hydroxylation sites is 3. The van der Waals surface area contributed by atoms with Crippen molar-refractivity contribution in [2.75, 3.05) is 4.90 Å². The van der Waals surface area contributed by atoms with Crippen molar-refractivity contribution in [2.24, 2.45) is 0 Å². The van der Waals surface area contributed by atoms with Crippen molar-refractivity contribution in [1.29, 1.82) is 0 Å². The number of benzene rings is 6. The third kappa shape index (κ3) is 4.31. The molecule has 224 valence electrons. The molecule has 0 saturated heterocycles. The molecule has 3 heteroatoms. The first-order chi connectivity index (χ1) is 23.1. The van der Waals surface area contributed by atoms with Crippen molar-refractivity contribution in [3.63, 3.8) is 0 Å². The van der Waals surface area contributed by atoms with Crippen molar-refractivity contribution in [1.82, 2.24) is 9.55 Å². The van der Waals surface area contributed by atoms with E-state index in [1.165, 1.54) is 61.1 Å². The maximum absolute atomic E-state index is 4.85. The fourth-order valence-electron chi connectivity index (χ4n) is 7.48. The van der Waals surface area contributed by atoms with Gasteiger partial charge in [0.25, 0.3) is 0 Å². The van der Waals surface area contributed by atoms with Gasteiger partial charge in [-0.25, -0.2) is 0 Å². The normalized spacial score (nSPS) is 13.4. The Kier molecular flexibility index (Phi) is 6.16. The van der Waals surface area contributed by atoms with E-state index in [0.717, 1.165) is 16.9 Å². The largest absolute Gasteiger partial charge is 0.310 e. The summed E-state index contributed by atoms with van der Waals surface area (Å²) in [4.78, 5) is 7.28. The summed E-state index contributed by atoms with van der Waals surface area (Å²) in [6.45, 7) is 4.71. The van der Waals surface area contributed by atoms with Crippen LogP contribution in [0.25, 0.3) is 49.9 Å². The standard InChI is InChI=1S/C44H33N3/c1-44(2)37-18-10-12-20-41(37)47(34-25-26-45-39(27-34)32-23-21-31(22-24-32)30-13-5-3-6-14-30)43-28-36-35-17-9-11-19-40(35)46(42(36)29-38(43)44)33-15-7-4-8-16-33/h3-29H,1-2H3. The van der Waals surface area contributed by atoms with Gasteiger partial charge < -0.3 is 9.47 Å². The Morgan fingerprint density at radius 1 is 0.468 bits per heavy atom. The molecule has 0 radical (unpaired) electrons. The zero-order valence-corrected chi connectivity index (χ0v) is 26.4. The van der Waals surface area contributed by atoms with E-state index in [9.17, 15) is 0 Å². The molecular weight excluding hydrogens is 571 g/mol. The minimum Gasteiger partial charge on any atom is -0.310 e. The molecule has 1 aliphatic heterocycles. The molecule has 0 spiro atoms. The summed E-state index contributed by atoms with van der Waals surface area (Å²) in [6, 6.07) is 56.8. The summed E-state index contributed by atoms with van der Waals surface area (Å²) in [7, 11) is 0. The van der Waals surface area contributed by atoms with Gasteiger partial charge in [-0.1, -0.05) is 123 Å². The molecule has 1 aliphatic rings. The van der Waals surface area contributed by atoms with E-state index in [4.69, 9.17) is 4.98 Å². The first kappa shape index (κ1) is 27.4. The quantitative estimate of drug-likeness (QED) is 0.200. The number of nitrogens with zero attached hydrogens (tertiary/aromatic N) is 3. The van der Waals surface area contributed by atoms with Crippen LogP contribution in [0.4, 0.5) is 17.1 Å². The number of fused-ring (bicyclic) bond motifs is 5. The summed E-state index contributed by atoms with van der Waals surface area (Å²) < 4.78 is 2.41. The van der Waals surface area contributed by atoms with Gasteiger partial charge in [0.2, 0.25) is 0 Å². The Hall–Kier alpha value is -5.93. The molecule has 9 rings (SSSR count). The van der Waals surface area contributed by atoms with Crippen LogP contribution in [0.5, 0.6) is 0 Å². The van der Waals surface area contributed by atoms with Gasteiger partial charge >= 0.3 is 0 Å². The SMILES string of the molecule is CC1(C)c2ccccc2N(c2ccnc(-c3ccc(-c4ccccc4)cc3)c2)c2cc3c4ccccc4n(-c4ccccc4)c3cc21. The Bertz CT molecular complexity index is 2420. The third-order valence-electron chi connectivity index (χ3n) is 9.83. The Balaban J connectivity index is 1.25. The molecule has 2 aromatic heterocycles. The van der Waals surface area contributed by atoms with Gasteiger partial charge in [0.05, 0.1) is 28.1 Å². The molecular formula is C44H33N3. The van der Waals surface area contributed by atoms with Crippen LogP contribution >= 0.6 is 0 Å². The minimum atomic E-state index is -0.211. The second kappa shape index (κ2) is 10.6. The highest BCUT2D eigenvalue weighted by atomic mass is 15.2. The lowest BCUT2D eigenvalue weighted by Crippen LogP contribution is -2.30. The van der Waals surface area contributed by atoms with Crippen LogP contribution in [0, 0.1) is 0 Å². The van der Waals surface area contributed by atoms with Crippen molar-refractivity contribution < 1.29 is 0 Å². The zero-order chi connectivity index (χ0) is 31.5. The molecule has 8 aromatic rings. The lowest BCUT2D eigenvalue weighted by Gasteiger charge is -2.42. The second-order valence-electron chi connectivity index (χ2n) is 12.9. The van der Waals surface area contributed by atoms with Crippen molar-refractivity contribution in [3.05, 3.63) is 175 Å². The Labute approximate surface area is 275 Å². The molecule has 0 amide bonds. The first-order valence-corrected chi connectivity index (χ1v) is 16.2. The molecule has 6 aromatic carbocycles. The van der Waals surface area contributed by atoms with E-state index >= 15 is 0 Å². The number of pyridine rings is 1. The zero-order valence-electron chi connectivity index (χ0n) is 26.4. The van der Waals surface area contributed by atoms with Crippen molar-refractivity contribution in [3.8, 4) is 28.1 Å². The number of aromatic nitrogens is 2. The molecule has 0 saturated carbocycles. The van der Waals surface area contributed by atoms with Crippen LogP contribution in [0.3, 0.4) is 0 Å². The predicted octanol–water partition coefficient (Wildman–Crippen LogP) is 11.6. The number of hydrogen-bond acceptors (Lipinski definition) is 2. The van der Waals surface area contributed by atoms with Crippen LogP contribution in [0.15, 0.2) is 164 Å². The van der Waals surface area contributed by atoms with Crippen molar-refractivity contribution >= 4 is 38.9 Å². The molecule has 47 heavy (non-hydrogen) atoms. The maximum Gasteiger partial charge on any atom is 0.0722 e. The van der Waals surface area contributed by atoms with Crippen LogP contribution in [0.2, 0.25) is 0 Å². The minimum absolute atomic E-state index is 0.211. The van der Waals surface area contributed by atoms with E-state index in [1.807, 2.05) is 6.20 Å². The van der Waals surface area contributed by atoms with E-state index in [0.29, 0.717) is 0 Å². The second-order valence-corrected chi connectivity index (χ2v) is 12.9. The lowest BCUT2D eigenvalue weighted by molar-refractivity contribution is 0.632. The highest BCUT2D eigenvalue weighted by Gasteiger charge is 2.37. The van der Waals surface area contributed by atoms with E-state index in [1.54, 1.807) is 0 Å². The molecule has 3 heterocycles. The fraction of sp³-hybridized carbons (Fsp3) is 0.0682. The Morgan fingerprint density at radius 3 is 1.94 bits per heavy atom. The molecule has 0 fully saturated rings. The molecule has 0 bridgehead atoms. The van der Waals surface area contributed by atoms with Gasteiger partial charge in [-0.3, -0.25) is 4.98 Å². The van der Waals surface area contributed by atoms with Crippen LogP contribution < -0.4 is 4.90 Å². The molecule has 0 unspecified atom stereocenters. The highest BCUT2D eigenvalue weighted by molar-refractivity contribution is 6.11. The van der Waals surface area contributed by atoms with Gasteiger partial charge in [-0.2, -0.15) is 0 Å². The summed E-state index contributed by atoms with van der Waals surface area (Å²) in [5.41, 5.74) is 14.0. The smallest absolute Gasteiger partial charge is 0.0722 e. The maximum atomic E-state index is 4.85. The van der Waals surface area contributed by atoms with Crippen molar-refractivity contribution in [2.45, 2.75) is 19.3 Å². The van der Waals surface area contributed by atoms with Gasteiger partial charge in [0, 0.05) is 39.3 Å². The molecule has 0 atom stereocenters. The summed E-state index contributed by atoms with van der Waals surface area (Å²) in [6.07, 6.45) is 1.94. The highest BCUT2D eigenvalue weighted by Crippen LogP contribution is 2.53.